The summed E-state index contributed by atoms with van der Waals surface area (Å²) in [5, 5.41) is 9.00. The molecule has 1 aliphatic rings. The van der Waals surface area contributed by atoms with Crippen LogP contribution in [0.2, 0.25) is 0 Å². The molecule has 21 heavy (non-hydrogen) atoms. The van der Waals surface area contributed by atoms with Crippen LogP contribution in [-0.2, 0) is 11.3 Å². The number of thioether (sulfide) groups is 1. The van der Waals surface area contributed by atoms with E-state index in [2.05, 4.69) is 0 Å². The summed E-state index contributed by atoms with van der Waals surface area (Å²) in [6.07, 6.45) is 0. The lowest BCUT2D eigenvalue weighted by Gasteiger charge is -2.30. The normalized spacial score (nSPS) is 21.4. The first-order valence-electron chi connectivity index (χ1n) is 6.52. The second-order valence-electron chi connectivity index (χ2n) is 4.96. The number of carboxylic acid groups (broad SMARTS) is 1. The highest BCUT2D eigenvalue weighted by Crippen LogP contribution is 2.29. The molecule has 0 bridgehead atoms. The van der Waals surface area contributed by atoms with Gasteiger partial charge in [-0.15, -0.1) is 11.8 Å². The fraction of sp³-hybridized carbons (Fsp3) is 0.429. The third-order valence-corrected chi connectivity index (χ3v) is 4.58. The molecule has 5 nitrogen and oxygen atoms in total. The largest absolute Gasteiger partial charge is 0.480 e. The molecular weight excluding hydrogens is 295 g/mol. The summed E-state index contributed by atoms with van der Waals surface area (Å²) in [5.74, 6) is -0.975. The number of rotatable bonds is 3. The zero-order valence-electron chi connectivity index (χ0n) is 11.8. The molecule has 0 aromatic heterocycles. The van der Waals surface area contributed by atoms with Gasteiger partial charge in [0.15, 0.2) is 0 Å². The van der Waals surface area contributed by atoms with Crippen LogP contribution in [0.5, 0.6) is 0 Å². The molecule has 1 aromatic carbocycles. The van der Waals surface area contributed by atoms with E-state index in [0.717, 1.165) is 0 Å². The number of carboxylic acids is 1. The van der Waals surface area contributed by atoms with Crippen LogP contribution in [0.1, 0.15) is 12.5 Å². The Bertz CT molecular complexity index is 555. The van der Waals surface area contributed by atoms with Crippen molar-refractivity contribution in [3.05, 3.63) is 35.6 Å². The average molecular weight is 312 g/mol. The van der Waals surface area contributed by atoms with Crippen LogP contribution in [0.3, 0.4) is 0 Å². The highest BCUT2D eigenvalue weighted by Gasteiger charge is 2.40. The lowest BCUT2D eigenvalue weighted by Crippen LogP contribution is -2.49. The Morgan fingerprint density at radius 2 is 2.24 bits per heavy atom. The number of nitrogens with zero attached hydrogens (tertiary/aromatic N) is 2. The number of hydrogen-bond acceptors (Lipinski definition) is 3. The van der Waals surface area contributed by atoms with Crippen molar-refractivity contribution in [2.45, 2.75) is 24.9 Å². The van der Waals surface area contributed by atoms with Gasteiger partial charge in [-0.3, -0.25) is 4.90 Å². The van der Waals surface area contributed by atoms with Crippen molar-refractivity contribution in [1.82, 2.24) is 9.80 Å². The Kier molecular flexibility index (Phi) is 4.72. The maximum Gasteiger partial charge on any atom is 0.327 e. The van der Waals surface area contributed by atoms with E-state index < -0.39 is 12.0 Å². The molecule has 0 radical (unpaired) electrons. The van der Waals surface area contributed by atoms with Gasteiger partial charge >= 0.3 is 12.0 Å². The second-order valence-corrected chi connectivity index (χ2v) is 6.31. The molecule has 1 heterocycles. The van der Waals surface area contributed by atoms with Crippen LogP contribution in [0.25, 0.3) is 0 Å². The smallest absolute Gasteiger partial charge is 0.327 e. The molecule has 0 spiro atoms. The summed E-state index contributed by atoms with van der Waals surface area (Å²) in [7, 11) is 1.59. The Hall–Kier alpha value is -1.76. The molecule has 0 saturated carbocycles. The third kappa shape index (κ3) is 3.47. The number of carbonyl (C=O) groups excluding carboxylic acids is 1. The van der Waals surface area contributed by atoms with Crippen LogP contribution in [0.4, 0.5) is 9.18 Å². The van der Waals surface area contributed by atoms with Crippen LogP contribution in [0, 0.1) is 5.82 Å². The Labute approximate surface area is 126 Å². The van der Waals surface area contributed by atoms with Gasteiger partial charge < -0.3 is 10.0 Å². The second kappa shape index (κ2) is 6.34. The van der Waals surface area contributed by atoms with Gasteiger partial charge in [-0.1, -0.05) is 12.1 Å². The molecule has 2 rings (SSSR count). The van der Waals surface area contributed by atoms with Gasteiger partial charge in [-0.05, 0) is 24.6 Å². The van der Waals surface area contributed by atoms with Gasteiger partial charge in [0, 0.05) is 19.3 Å². The molecule has 1 aliphatic heterocycles. The third-order valence-electron chi connectivity index (χ3n) is 3.36. The van der Waals surface area contributed by atoms with E-state index in [9.17, 15) is 19.1 Å². The Balaban J connectivity index is 2.09. The maximum atomic E-state index is 13.2. The number of carbonyl (C=O) groups is 2. The Morgan fingerprint density at radius 1 is 1.52 bits per heavy atom. The number of urea groups is 1. The molecule has 1 fully saturated rings. The summed E-state index contributed by atoms with van der Waals surface area (Å²) < 4.78 is 13.2. The van der Waals surface area contributed by atoms with Gasteiger partial charge in [0.25, 0.3) is 0 Å². The fourth-order valence-electron chi connectivity index (χ4n) is 2.30. The van der Waals surface area contributed by atoms with E-state index >= 15 is 0 Å². The van der Waals surface area contributed by atoms with E-state index in [4.69, 9.17) is 0 Å². The van der Waals surface area contributed by atoms with Crippen LogP contribution in [-0.4, -0.2) is 51.1 Å². The summed E-state index contributed by atoms with van der Waals surface area (Å²) in [5.41, 5.74) is 0.664. The van der Waals surface area contributed by atoms with E-state index in [0.29, 0.717) is 11.3 Å². The predicted octanol–water partition coefficient (Wildman–Crippen LogP) is 2.23. The summed E-state index contributed by atoms with van der Waals surface area (Å²) in [6.45, 7) is 2.04. The van der Waals surface area contributed by atoms with E-state index in [1.807, 2.05) is 6.92 Å². The first-order valence-corrected chi connectivity index (χ1v) is 7.57. The molecule has 1 saturated heterocycles. The lowest BCUT2D eigenvalue weighted by atomic mass is 10.2. The van der Waals surface area contributed by atoms with Crippen molar-refractivity contribution in [3.8, 4) is 0 Å². The number of aliphatic carboxylic acids is 1. The van der Waals surface area contributed by atoms with Gasteiger partial charge in [0.05, 0.1) is 5.37 Å². The quantitative estimate of drug-likeness (QED) is 0.930. The van der Waals surface area contributed by atoms with Gasteiger partial charge in [0.2, 0.25) is 0 Å². The Morgan fingerprint density at radius 3 is 2.86 bits per heavy atom. The first-order chi connectivity index (χ1) is 9.90. The van der Waals surface area contributed by atoms with Crippen LogP contribution in [0.15, 0.2) is 24.3 Å². The fourth-order valence-corrected chi connectivity index (χ4v) is 3.46. The summed E-state index contributed by atoms with van der Waals surface area (Å²) in [4.78, 5) is 26.4. The van der Waals surface area contributed by atoms with Crippen molar-refractivity contribution in [2.75, 3.05) is 12.8 Å². The molecule has 1 aromatic rings. The minimum Gasteiger partial charge on any atom is -0.480 e. The first kappa shape index (κ1) is 15.6. The predicted molar refractivity (Wildman–Crippen MR) is 78.4 cm³/mol. The molecule has 2 atom stereocenters. The SMILES string of the molecule is CC1SCC(C(=O)O)N1C(=O)N(C)Cc1cccc(F)c1. The van der Waals surface area contributed by atoms with Crippen molar-refractivity contribution in [2.24, 2.45) is 0 Å². The average Bonchev–Trinajstić information content (AvgIpc) is 2.80. The zero-order valence-corrected chi connectivity index (χ0v) is 12.6. The standard InChI is InChI=1S/C14H17FN2O3S/c1-9-17(12(8-21-9)13(18)19)14(20)16(2)7-10-4-3-5-11(15)6-10/h3-6,9,12H,7-8H2,1-2H3,(H,18,19). The van der Waals surface area contributed by atoms with E-state index in [-0.39, 0.29) is 23.8 Å². The molecule has 114 valence electrons. The maximum absolute atomic E-state index is 13.2. The molecule has 1 N–H and O–H groups in total. The van der Waals surface area contributed by atoms with Gasteiger partial charge in [0.1, 0.15) is 11.9 Å². The van der Waals surface area contributed by atoms with Crippen molar-refractivity contribution >= 4 is 23.8 Å². The van der Waals surface area contributed by atoms with Gasteiger partial charge in [-0.2, -0.15) is 0 Å². The van der Waals surface area contributed by atoms with Crippen molar-refractivity contribution < 1.29 is 19.1 Å². The minimum atomic E-state index is -1.00. The number of amides is 2. The van der Waals surface area contributed by atoms with E-state index in [1.165, 1.54) is 33.7 Å². The summed E-state index contributed by atoms with van der Waals surface area (Å²) >= 11 is 1.43. The van der Waals surface area contributed by atoms with Crippen molar-refractivity contribution in [1.29, 1.82) is 0 Å². The lowest BCUT2D eigenvalue weighted by molar-refractivity contribution is -0.141. The number of halogens is 1. The van der Waals surface area contributed by atoms with Crippen molar-refractivity contribution in [3.63, 3.8) is 0 Å². The highest BCUT2D eigenvalue weighted by atomic mass is 32.2. The molecular formula is C14H17FN2O3S. The van der Waals surface area contributed by atoms with Gasteiger partial charge in [-0.25, -0.2) is 14.0 Å². The minimum absolute atomic E-state index is 0.187. The van der Waals surface area contributed by atoms with E-state index in [1.54, 1.807) is 19.2 Å². The zero-order chi connectivity index (χ0) is 15.6. The number of benzene rings is 1. The summed E-state index contributed by atoms with van der Waals surface area (Å²) in [6, 6.07) is 4.84. The molecule has 7 heteroatoms. The molecule has 0 aliphatic carbocycles. The highest BCUT2D eigenvalue weighted by molar-refractivity contribution is 8.00. The topological polar surface area (TPSA) is 60.9 Å². The molecule has 2 unspecified atom stereocenters. The van der Waals surface area contributed by atoms with Crippen LogP contribution < -0.4 is 0 Å². The van der Waals surface area contributed by atoms with Crippen LogP contribution >= 0.6 is 11.8 Å². The molecule has 2 amide bonds. The number of hydrogen-bond donors (Lipinski definition) is 1. The monoisotopic (exact) mass is 312 g/mol.